The zero-order chi connectivity index (χ0) is 15.1. The Hall–Kier alpha value is 0.530. The van der Waals surface area contributed by atoms with Crippen LogP contribution in [0.15, 0.2) is 0 Å². The molecule has 1 fully saturated rings. The fraction of sp³-hybridized carbons (Fsp3) is 1.00. The van der Waals surface area contributed by atoms with Crippen LogP contribution in [-0.4, -0.2) is 39.6 Å². The third kappa shape index (κ3) is 3.59. The highest BCUT2D eigenvalue weighted by molar-refractivity contribution is 8.10. The van der Waals surface area contributed by atoms with Gasteiger partial charge in [-0.2, -0.15) is 0 Å². The lowest BCUT2D eigenvalue weighted by molar-refractivity contribution is 0.0912. The lowest BCUT2D eigenvalue weighted by atomic mass is 10.0. The van der Waals surface area contributed by atoms with Gasteiger partial charge in [-0.15, -0.1) is 0 Å². The lowest BCUT2D eigenvalue weighted by Gasteiger charge is -2.57. The molecular weight excluding hydrogens is 275 g/mol. The van der Waals surface area contributed by atoms with Gasteiger partial charge in [0.05, 0.1) is 6.61 Å². The van der Waals surface area contributed by atoms with Gasteiger partial charge in [0.2, 0.25) is 6.57 Å². The standard InChI is InChI=1S/C14H31N2OPS/c1-9-17-18(19)15(13(3,4)5)11-10-12(2)16(18)14(6,7)8/h12H,9-11H2,1-8H3. The van der Waals surface area contributed by atoms with E-state index in [1.165, 1.54) is 0 Å². The summed E-state index contributed by atoms with van der Waals surface area (Å²) in [5, 5.41) is 0. The highest BCUT2D eigenvalue weighted by Gasteiger charge is 2.48. The summed E-state index contributed by atoms with van der Waals surface area (Å²) in [5.41, 5.74) is 0.0857. The summed E-state index contributed by atoms with van der Waals surface area (Å²) in [5.74, 6) is 0. The van der Waals surface area contributed by atoms with Crippen molar-refractivity contribution < 1.29 is 4.52 Å². The van der Waals surface area contributed by atoms with Crippen LogP contribution < -0.4 is 0 Å². The molecule has 0 saturated carbocycles. The third-order valence-electron chi connectivity index (χ3n) is 3.51. The molecule has 1 saturated heterocycles. The number of hydrogen-bond acceptors (Lipinski definition) is 2. The summed E-state index contributed by atoms with van der Waals surface area (Å²) >= 11 is 6.11. The first-order valence-corrected chi connectivity index (χ1v) is 9.89. The summed E-state index contributed by atoms with van der Waals surface area (Å²) in [6.45, 7) is 17.4. The van der Waals surface area contributed by atoms with Gasteiger partial charge >= 0.3 is 0 Å². The molecule has 0 bridgehead atoms. The summed E-state index contributed by atoms with van der Waals surface area (Å²) < 4.78 is 11.1. The average molecular weight is 306 g/mol. The van der Waals surface area contributed by atoms with Crippen molar-refractivity contribution in [2.24, 2.45) is 0 Å². The van der Waals surface area contributed by atoms with Crippen LogP contribution in [0.4, 0.5) is 0 Å². The Balaban J connectivity index is 3.29. The zero-order valence-corrected chi connectivity index (χ0v) is 15.6. The van der Waals surface area contributed by atoms with E-state index in [2.05, 4.69) is 64.7 Å². The first kappa shape index (κ1) is 17.6. The Morgan fingerprint density at radius 3 is 2.05 bits per heavy atom. The van der Waals surface area contributed by atoms with Gasteiger partial charge in [0.15, 0.2) is 0 Å². The topological polar surface area (TPSA) is 15.7 Å². The minimum Gasteiger partial charge on any atom is -0.327 e. The minimum absolute atomic E-state index is 0.0357. The van der Waals surface area contributed by atoms with Gasteiger partial charge in [0, 0.05) is 23.7 Å². The van der Waals surface area contributed by atoms with Crippen LogP contribution in [-0.2, 0) is 16.3 Å². The molecule has 0 radical (unpaired) electrons. The zero-order valence-electron chi connectivity index (χ0n) is 13.9. The molecule has 5 heteroatoms. The van der Waals surface area contributed by atoms with Crippen molar-refractivity contribution in [2.75, 3.05) is 13.2 Å². The van der Waals surface area contributed by atoms with Crippen molar-refractivity contribution in [1.29, 1.82) is 0 Å². The van der Waals surface area contributed by atoms with Crippen molar-refractivity contribution in [2.45, 2.75) is 78.9 Å². The van der Waals surface area contributed by atoms with Crippen molar-refractivity contribution in [1.82, 2.24) is 9.34 Å². The Morgan fingerprint density at radius 1 is 1.16 bits per heavy atom. The molecule has 1 aliphatic rings. The number of nitrogens with zero attached hydrogens (tertiary/aromatic N) is 2. The number of hydrogen-bond donors (Lipinski definition) is 0. The molecule has 114 valence electrons. The maximum absolute atomic E-state index is 6.20. The van der Waals surface area contributed by atoms with Crippen LogP contribution in [0.5, 0.6) is 0 Å². The molecule has 0 N–H and O–H groups in total. The van der Waals surface area contributed by atoms with E-state index in [0.29, 0.717) is 12.6 Å². The summed E-state index contributed by atoms with van der Waals surface area (Å²) in [6.07, 6.45) is 1.15. The van der Waals surface area contributed by atoms with E-state index in [1.54, 1.807) is 0 Å². The van der Waals surface area contributed by atoms with Crippen LogP contribution in [0.2, 0.25) is 0 Å². The molecule has 19 heavy (non-hydrogen) atoms. The largest absolute Gasteiger partial charge is 0.327 e. The molecule has 2 atom stereocenters. The Kier molecular flexibility index (Phi) is 5.30. The molecule has 1 heterocycles. The monoisotopic (exact) mass is 306 g/mol. The molecule has 0 spiro atoms. The van der Waals surface area contributed by atoms with E-state index >= 15 is 0 Å². The van der Waals surface area contributed by atoms with E-state index in [4.69, 9.17) is 16.3 Å². The van der Waals surface area contributed by atoms with Gasteiger partial charge in [-0.3, -0.25) is 0 Å². The van der Waals surface area contributed by atoms with Gasteiger partial charge in [0.25, 0.3) is 0 Å². The van der Waals surface area contributed by atoms with E-state index in [9.17, 15) is 0 Å². The van der Waals surface area contributed by atoms with E-state index in [1.807, 2.05) is 0 Å². The predicted octanol–water partition coefficient (Wildman–Crippen LogP) is 4.24. The summed E-state index contributed by atoms with van der Waals surface area (Å²) in [6, 6.07) is 0.482. The molecule has 1 rings (SSSR count). The molecular formula is C14H31N2OPS. The normalized spacial score (nSPS) is 31.7. The van der Waals surface area contributed by atoms with E-state index < -0.39 is 6.57 Å². The van der Waals surface area contributed by atoms with E-state index in [0.717, 1.165) is 13.0 Å². The second-order valence-electron chi connectivity index (χ2n) is 7.36. The lowest BCUT2D eigenvalue weighted by Crippen LogP contribution is -2.56. The second kappa shape index (κ2) is 5.73. The van der Waals surface area contributed by atoms with Crippen LogP contribution >= 0.6 is 6.57 Å². The average Bonchev–Trinajstić information content (AvgIpc) is 2.12. The fourth-order valence-electron chi connectivity index (χ4n) is 2.98. The predicted molar refractivity (Wildman–Crippen MR) is 88.0 cm³/mol. The van der Waals surface area contributed by atoms with Gasteiger partial charge in [-0.1, -0.05) is 0 Å². The van der Waals surface area contributed by atoms with Crippen LogP contribution in [0, 0.1) is 0 Å². The van der Waals surface area contributed by atoms with Crippen molar-refractivity contribution in [3.8, 4) is 0 Å². The van der Waals surface area contributed by atoms with Crippen LogP contribution in [0.25, 0.3) is 0 Å². The highest BCUT2D eigenvalue weighted by Crippen LogP contribution is 2.63. The van der Waals surface area contributed by atoms with Crippen molar-refractivity contribution >= 4 is 18.4 Å². The van der Waals surface area contributed by atoms with Crippen molar-refractivity contribution in [3.05, 3.63) is 0 Å². The molecule has 0 aromatic rings. The number of rotatable bonds is 2. The SMILES string of the molecule is CCOP1(=S)N(C(C)(C)C)CCC(C)N1C(C)(C)C. The first-order valence-electron chi connectivity index (χ1n) is 7.27. The van der Waals surface area contributed by atoms with Crippen molar-refractivity contribution in [3.63, 3.8) is 0 Å². The molecule has 0 aliphatic carbocycles. The molecule has 1 aliphatic heterocycles. The third-order valence-corrected chi connectivity index (χ3v) is 8.49. The van der Waals surface area contributed by atoms with Gasteiger partial charge in [-0.05, 0) is 73.6 Å². The maximum atomic E-state index is 6.20. The first-order chi connectivity index (χ1) is 8.44. The molecule has 0 aromatic carbocycles. The van der Waals surface area contributed by atoms with Gasteiger partial charge in [0.1, 0.15) is 0 Å². The smallest absolute Gasteiger partial charge is 0.204 e. The molecule has 0 amide bonds. The Morgan fingerprint density at radius 2 is 1.68 bits per heavy atom. The summed E-state index contributed by atoms with van der Waals surface area (Å²) in [4.78, 5) is 0. The minimum atomic E-state index is -2.13. The fourth-order valence-corrected chi connectivity index (χ4v) is 8.82. The van der Waals surface area contributed by atoms with Crippen LogP contribution in [0.1, 0.15) is 61.8 Å². The Labute approximate surface area is 124 Å². The quantitative estimate of drug-likeness (QED) is 0.709. The van der Waals surface area contributed by atoms with Gasteiger partial charge in [-0.25, -0.2) is 9.34 Å². The summed E-state index contributed by atoms with van der Waals surface area (Å²) in [7, 11) is 0. The molecule has 3 nitrogen and oxygen atoms in total. The second-order valence-corrected chi connectivity index (χ2v) is 10.9. The van der Waals surface area contributed by atoms with Gasteiger partial charge < -0.3 is 4.52 Å². The van der Waals surface area contributed by atoms with E-state index in [-0.39, 0.29) is 11.1 Å². The Bertz CT molecular complexity index is 359. The highest BCUT2D eigenvalue weighted by atomic mass is 32.5. The molecule has 2 unspecified atom stereocenters. The van der Waals surface area contributed by atoms with Crippen LogP contribution in [0.3, 0.4) is 0 Å². The maximum Gasteiger partial charge on any atom is 0.204 e. The molecule has 0 aromatic heterocycles.